The van der Waals surface area contributed by atoms with Gasteiger partial charge in [0, 0.05) is 11.7 Å². The van der Waals surface area contributed by atoms with E-state index in [1.807, 2.05) is 13.8 Å². The molecule has 0 aromatic carbocycles. The lowest BCUT2D eigenvalue weighted by atomic mass is 9.81. The summed E-state index contributed by atoms with van der Waals surface area (Å²) in [6.07, 6.45) is 1.42. The number of hydrogen-bond acceptors (Lipinski definition) is 3. The number of pyridine rings is 1. The number of hydrogen-bond donors (Lipinski definition) is 2. The third-order valence-corrected chi connectivity index (χ3v) is 2.04. The fourth-order valence-corrected chi connectivity index (χ4v) is 1.42. The van der Waals surface area contributed by atoms with E-state index in [2.05, 4.69) is 4.98 Å². The SMILES string of the molecule is CC(C)c1ncc(B(O)O)cc1Cl. The van der Waals surface area contributed by atoms with Crippen molar-refractivity contribution in [3.05, 3.63) is 23.0 Å². The van der Waals surface area contributed by atoms with Gasteiger partial charge in [0.25, 0.3) is 0 Å². The van der Waals surface area contributed by atoms with E-state index < -0.39 is 7.12 Å². The Kier molecular flexibility index (Phi) is 3.30. The summed E-state index contributed by atoms with van der Waals surface area (Å²) >= 11 is 5.88. The van der Waals surface area contributed by atoms with Crippen LogP contribution < -0.4 is 5.46 Å². The van der Waals surface area contributed by atoms with Crippen molar-refractivity contribution in [1.82, 2.24) is 4.98 Å². The lowest BCUT2D eigenvalue weighted by molar-refractivity contribution is 0.425. The molecule has 1 heterocycles. The van der Waals surface area contributed by atoms with Crippen molar-refractivity contribution in [3.63, 3.8) is 0 Å². The van der Waals surface area contributed by atoms with Gasteiger partial charge in [0.1, 0.15) is 0 Å². The monoisotopic (exact) mass is 199 g/mol. The van der Waals surface area contributed by atoms with E-state index >= 15 is 0 Å². The van der Waals surface area contributed by atoms with Gasteiger partial charge in [-0.25, -0.2) is 0 Å². The van der Waals surface area contributed by atoms with Gasteiger partial charge in [-0.3, -0.25) is 4.98 Å². The van der Waals surface area contributed by atoms with Crippen LogP contribution >= 0.6 is 11.6 Å². The molecule has 0 aliphatic rings. The van der Waals surface area contributed by atoms with Crippen LogP contribution in [-0.2, 0) is 0 Å². The summed E-state index contributed by atoms with van der Waals surface area (Å²) in [6.45, 7) is 3.95. The molecule has 2 N–H and O–H groups in total. The molecule has 0 aliphatic carbocycles. The Morgan fingerprint density at radius 2 is 2.08 bits per heavy atom. The first-order valence-electron chi connectivity index (χ1n) is 4.04. The molecule has 0 spiro atoms. The van der Waals surface area contributed by atoms with Crippen molar-refractivity contribution in [2.24, 2.45) is 0 Å². The predicted octanol–water partition coefficient (Wildman–Crippen LogP) is 0.538. The van der Waals surface area contributed by atoms with Gasteiger partial charge in [0.05, 0.1) is 10.7 Å². The quantitative estimate of drug-likeness (QED) is 0.684. The van der Waals surface area contributed by atoms with Crippen LogP contribution in [0.4, 0.5) is 0 Å². The van der Waals surface area contributed by atoms with Gasteiger partial charge in [0.15, 0.2) is 0 Å². The summed E-state index contributed by atoms with van der Waals surface area (Å²) in [5, 5.41) is 18.1. The molecule has 70 valence electrons. The van der Waals surface area contributed by atoms with Gasteiger partial charge in [0.2, 0.25) is 0 Å². The van der Waals surface area contributed by atoms with Gasteiger partial charge in [-0.15, -0.1) is 0 Å². The van der Waals surface area contributed by atoms with Crippen molar-refractivity contribution >= 4 is 24.2 Å². The molecule has 5 heteroatoms. The van der Waals surface area contributed by atoms with Crippen LogP contribution in [0.1, 0.15) is 25.5 Å². The summed E-state index contributed by atoms with van der Waals surface area (Å²) in [7, 11) is -1.51. The van der Waals surface area contributed by atoms with Crippen molar-refractivity contribution < 1.29 is 10.0 Å². The fraction of sp³-hybridized carbons (Fsp3) is 0.375. The average molecular weight is 199 g/mol. The zero-order valence-corrected chi connectivity index (χ0v) is 8.28. The van der Waals surface area contributed by atoms with Crippen molar-refractivity contribution in [2.45, 2.75) is 19.8 Å². The Bertz CT molecular complexity index is 304. The maximum Gasteiger partial charge on any atom is 0.490 e. The third-order valence-electron chi connectivity index (χ3n) is 1.74. The Balaban J connectivity index is 3.06. The van der Waals surface area contributed by atoms with E-state index in [9.17, 15) is 0 Å². The summed E-state index contributed by atoms with van der Waals surface area (Å²) in [5.74, 6) is 0.234. The molecule has 0 saturated carbocycles. The van der Waals surface area contributed by atoms with E-state index in [1.165, 1.54) is 12.3 Å². The molecule has 1 rings (SSSR count). The van der Waals surface area contributed by atoms with E-state index in [0.717, 1.165) is 5.69 Å². The normalized spacial score (nSPS) is 10.6. The van der Waals surface area contributed by atoms with Crippen LogP contribution in [0.2, 0.25) is 5.02 Å². The van der Waals surface area contributed by atoms with Crippen molar-refractivity contribution in [1.29, 1.82) is 0 Å². The molecule has 1 aromatic heterocycles. The molecule has 0 atom stereocenters. The molecular weight excluding hydrogens is 188 g/mol. The van der Waals surface area contributed by atoms with Crippen LogP contribution in [0.15, 0.2) is 12.3 Å². The van der Waals surface area contributed by atoms with E-state index in [1.54, 1.807) is 0 Å². The molecule has 0 saturated heterocycles. The Hall–Kier alpha value is -0.575. The first-order chi connectivity index (χ1) is 6.02. The van der Waals surface area contributed by atoms with Crippen LogP contribution in [0.5, 0.6) is 0 Å². The maximum absolute atomic E-state index is 8.83. The second kappa shape index (κ2) is 4.09. The number of halogens is 1. The van der Waals surface area contributed by atoms with Crippen LogP contribution in [-0.4, -0.2) is 22.2 Å². The van der Waals surface area contributed by atoms with Crippen LogP contribution in [0, 0.1) is 0 Å². The third kappa shape index (κ3) is 2.43. The Morgan fingerprint density at radius 3 is 2.46 bits per heavy atom. The highest BCUT2D eigenvalue weighted by Gasteiger charge is 2.14. The highest BCUT2D eigenvalue weighted by molar-refractivity contribution is 6.58. The fourth-order valence-electron chi connectivity index (χ4n) is 1.03. The van der Waals surface area contributed by atoms with Crippen molar-refractivity contribution in [2.75, 3.05) is 0 Å². The molecule has 0 amide bonds. The van der Waals surface area contributed by atoms with Gasteiger partial charge in [-0.1, -0.05) is 25.4 Å². The summed E-state index contributed by atoms with van der Waals surface area (Å²) in [5.41, 5.74) is 1.08. The standard InChI is InChI=1S/C8H11BClNO2/c1-5(2)8-7(10)3-6(4-11-8)9(12)13/h3-5,12-13H,1-2H3. The second-order valence-corrected chi connectivity index (χ2v) is 3.57. The Morgan fingerprint density at radius 1 is 1.46 bits per heavy atom. The van der Waals surface area contributed by atoms with Gasteiger partial charge >= 0.3 is 7.12 Å². The molecule has 0 radical (unpaired) electrons. The van der Waals surface area contributed by atoms with Gasteiger partial charge in [-0.05, 0) is 12.0 Å². The Labute approximate surface area is 82.5 Å². The topological polar surface area (TPSA) is 53.4 Å². The summed E-state index contributed by atoms with van der Waals surface area (Å²) in [4.78, 5) is 4.05. The number of aromatic nitrogens is 1. The molecule has 1 aromatic rings. The first-order valence-corrected chi connectivity index (χ1v) is 4.41. The highest BCUT2D eigenvalue weighted by Crippen LogP contribution is 2.19. The lowest BCUT2D eigenvalue weighted by Gasteiger charge is -2.07. The molecule has 3 nitrogen and oxygen atoms in total. The molecular formula is C8H11BClNO2. The average Bonchev–Trinajstić information content (AvgIpc) is 2.03. The molecule has 0 bridgehead atoms. The number of rotatable bonds is 2. The summed E-state index contributed by atoms with van der Waals surface area (Å²) in [6, 6.07) is 1.52. The lowest BCUT2D eigenvalue weighted by Crippen LogP contribution is -2.30. The molecule has 13 heavy (non-hydrogen) atoms. The van der Waals surface area contributed by atoms with E-state index in [4.69, 9.17) is 21.6 Å². The molecule has 0 aliphatic heterocycles. The number of nitrogens with zero attached hydrogens (tertiary/aromatic N) is 1. The van der Waals surface area contributed by atoms with Crippen LogP contribution in [0.3, 0.4) is 0 Å². The molecule has 0 fully saturated rings. The molecule has 0 unspecified atom stereocenters. The first kappa shape index (κ1) is 10.5. The van der Waals surface area contributed by atoms with E-state index in [0.29, 0.717) is 10.5 Å². The largest absolute Gasteiger partial charge is 0.490 e. The van der Waals surface area contributed by atoms with E-state index in [-0.39, 0.29) is 5.92 Å². The van der Waals surface area contributed by atoms with Crippen molar-refractivity contribution in [3.8, 4) is 0 Å². The zero-order chi connectivity index (χ0) is 10.0. The minimum absolute atomic E-state index is 0.234. The minimum Gasteiger partial charge on any atom is -0.423 e. The van der Waals surface area contributed by atoms with Crippen LogP contribution in [0.25, 0.3) is 0 Å². The summed E-state index contributed by atoms with van der Waals surface area (Å²) < 4.78 is 0. The second-order valence-electron chi connectivity index (χ2n) is 3.16. The zero-order valence-electron chi connectivity index (χ0n) is 7.53. The minimum atomic E-state index is -1.51. The maximum atomic E-state index is 8.83. The van der Waals surface area contributed by atoms with Gasteiger partial charge in [-0.2, -0.15) is 0 Å². The smallest absolute Gasteiger partial charge is 0.423 e. The highest BCUT2D eigenvalue weighted by atomic mass is 35.5. The predicted molar refractivity (Wildman–Crippen MR) is 53.2 cm³/mol. The van der Waals surface area contributed by atoms with Gasteiger partial charge < -0.3 is 10.0 Å².